The van der Waals surface area contributed by atoms with Crippen molar-refractivity contribution < 1.29 is 0 Å². The van der Waals surface area contributed by atoms with Crippen molar-refractivity contribution in [1.82, 2.24) is 0 Å². The summed E-state index contributed by atoms with van der Waals surface area (Å²) in [4.78, 5) is 0. The molecule has 0 unspecified atom stereocenters. The molecule has 2 aromatic carbocycles. The highest BCUT2D eigenvalue weighted by molar-refractivity contribution is 9.10. The fourth-order valence-electron chi connectivity index (χ4n) is 2.39. The lowest BCUT2D eigenvalue weighted by molar-refractivity contribution is 1.22. The molecule has 0 saturated carbocycles. The normalized spacial score (nSPS) is 16.2. The van der Waals surface area contributed by atoms with Crippen molar-refractivity contribution in [3.8, 4) is 11.1 Å². The molecule has 0 spiro atoms. The summed E-state index contributed by atoms with van der Waals surface area (Å²) in [6.45, 7) is 0. The summed E-state index contributed by atoms with van der Waals surface area (Å²) in [7, 11) is 0. The average Bonchev–Trinajstić information content (AvgIpc) is 2.63. The minimum atomic E-state index is 0.131. The lowest BCUT2D eigenvalue weighted by atomic mass is 10.1. The Balaban J connectivity index is 2.21. The molecule has 0 aromatic heterocycles. The van der Waals surface area contributed by atoms with Gasteiger partial charge in [-0.25, -0.2) is 0 Å². The van der Waals surface area contributed by atoms with Gasteiger partial charge in [0.1, 0.15) is 0 Å². The molecule has 4 heteroatoms. The molecule has 0 bridgehead atoms. The summed E-state index contributed by atoms with van der Waals surface area (Å²) >= 11 is 4.91. The first-order valence-corrected chi connectivity index (χ1v) is 7.23. The first-order valence-electron chi connectivity index (χ1n) is 5.56. The number of fused-ring (bicyclic) bond motifs is 3. The summed E-state index contributed by atoms with van der Waals surface area (Å²) < 4.78 is 1.06. The fourth-order valence-corrected chi connectivity index (χ4v) is 3.68. The Morgan fingerprint density at radius 2 is 1.83 bits per heavy atom. The molecule has 18 heavy (non-hydrogen) atoms. The zero-order valence-electron chi connectivity index (χ0n) is 9.48. The molecule has 3 N–H and O–H groups in total. The zero-order valence-corrected chi connectivity index (χ0v) is 11.9. The maximum atomic E-state index is 7.52. The van der Waals surface area contributed by atoms with Gasteiger partial charge in [0, 0.05) is 4.47 Å². The number of thioether (sulfide) groups is 1. The third-order valence-corrected chi connectivity index (χ3v) is 4.57. The number of rotatable bonds is 1. The van der Waals surface area contributed by atoms with E-state index in [-0.39, 0.29) is 10.4 Å². The van der Waals surface area contributed by atoms with Crippen molar-refractivity contribution in [3.05, 3.63) is 58.1 Å². The van der Waals surface area contributed by atoms with Gasteiger partial charge in [0.25, 0.3) is 0 Å². The molecule has 1 aliphatic carbocycles. The van der Waals surface area contributed by atoms with Crippen LogP contribution in [0.4, 0.5) is 0 Å². The number of hydrogen-bond donors (Lipinski definition) is 2. The molecule has 90 valence electrons. The minimum Gasteiger partial charge on any atom is -0.379 e. The molecule has 0 amide bonds. The third-order valence-electron chi connectivity index (χ3n) is 3.07. The molecule has 0 saturated heterocycles. The highest BCUT2D eigenvalue weighted by Crippen LogP contribution is 2.50. The van der Waals surface area contributed by atoms with Crippen LogP contribution in [-0.4, -0.2) is 5.17 Å². The van der Waals surface area contributed by atoms with E-state index < -0.39 is 0 Å². The van der Waals surface area contributed by atoms with Gasteiger partial charge in [-0.3, -0.25) is 5.41 Å². The van der Waals surface area contributed by atoms with Gasteiger partial charge >= 0.3 is 0 Å². The monoisotopic (exact) mass is 318 g/mol. The van der Waals surface area contributed by atoms with Crippen LogP contribution in [-0.2, 0) is 0 Å². The summed E-state index contributed by atoms with van der Waals surface area (Å²) in [5.41, 5.74) is 10.5. The Hall–Kier alpha value is -1.26. The van der Waals surface area contributed by atoms with Gasteiger partial charge in [-0.15, -0.1) is 0 Å². The number of nitrogens with one attached hydrogen (secondary N) is 1. The SMILES string of the molecule is N=C(N)S[C@@H]1c2ccccc2-c2ccc(Br)cc21. The van der Waals surface area contributed by atoms with Crippen LogP contribution in [0.25, 0.3) is 11.1 Å². The summed E-state index contributed by atoms with van der Waals surface area (Å²) in [6, 6.07) is 14.6. The van der Waals surface area contributed by atoms with Gasteiger partial charge < -0.3 is 5.73 Å². The van der Waals surface area contributed by atoms with Crippen LogP contribution in [0.1, 0.15) is 16.4 Å². The lowest BCUT2D eigenvalue weighted by Gasteiger charge is -2.11. The van der Waals surface area contributed by atoms with Crippen molar-refractivity contribution in [2.45, 2.75) is 5.25 Å². The maximum absolute atomic E-state index is 7.52. The lowest BCUT2D eigenvalue weighted by Crippen LogP contribution is -2.07. The number of hydrogen-bond acceptors (Lipinski definition) is 2. The Labute approximate surface area is 118 Å². The van der Waals surface area contributed by atoms with E-state index in [2.05, 4.69) is 46.3 Å². The van der Waals surface area contributed by atoms with E-state index in [1.165, 1.54) is 34.0 Å². The molecule has 0 radical (unpaired) electrons. The first kappa shape index (κ1) is 11.8. The molecule has 0 heterocycles. The summed E-state index contributed by atoms with van der Waals surface area (Å²) in [5, 5.41) is 7.81. The first-order chi connectivity index (χ1) is 8.66. The molecule has 1 aliphatic rings. The van der Waals surface area contributed by atoms with Gasteiger partial charge in [0.2, 0.25) is 0 Å². The van der Waals surface area contributed by atoms with Crippen molar-refractivity contribution in [2.24, 2.45) is 5.73 Å². The van der Waals surface area contributed by atoms with E-state index in [1.54, 1.807) is 0 Å². The van der Waals surface area contributed by atoms with Crippen LogP contribution in [0.2, 0.25) is 0 Å². The predicted octanol–water partition coefficient (Wildman–Crippen LogP) is 4.15. The van der Waals surface area contributed by atoms with Gasteiger partial charge in [0.15, 0.2) is 5.17 Å². The maximum Gasteiger partial charge on any atom is 0.151 e. The average molecular weight is 319 g/mol. The van der Waals surface area contributed by atoms with E-state index >= 15 is 0 Å². The Morgan fingerprint density at radius 1 is 1.11 bits per heavy atom. The van der Waals surface area contributed by atoms with Crippen LogP contribution < -0.4 is 5.73 Å². The smallest absolute Gasteiger partial charge is 0.151 e. The Kier molecular flexibility index (Phi) is 2.92. The van der Waals surface area contributed by atoms with E-state index in [4.69, 9.17) is 11.1 Å². The van der Waals surface area contributed by atoms with Gasteiger partial charge in [0.05, 0.1) is 5.25 Å². The number of nitrogens with two attached hydrogens (primary N) is 1. The topological polar surface area (TPSA) is 49.9 Å². The van der Waals surface area contributed by atoms with Crippen LogP contribution in [0.3, 0.4) is 0 Å². The largest absolute Gasteiger partial charge is 0.379 e. The Bertz CT molecular complexity index is 639. The van der Waals surface area contributed by atoms with Crippen molar-refractivity contribution in [3.63, 3.8) is 0 Å². The molecule has 2 nitrogen and oxygen atoms in total. The summed E-state index contributed by atoms with van der Waals surface area (Å²) in [5.74, 6) is 0. The number of halogens is 1. The molecule has 1 atom stereocenters. The zero-order chi connectivity index (χ0) is 12.7. The Morgan fingerprint density at radius 3 is 2.61 bits per heavy atom. The number of benzene rings is 2. The standard InChI is InChI=1S/C14H11BrN2S/c15-8-5-6-10-9-3-1-2-4-11(9)13(12(10)7-8)18-14(16)17/h1-7,13H,(H3,16,17)/t13-/m1/s1. The van der Waals surface area contributed by atoms with Crippen molar-refractivity contribution in [2.75, 3.05) is 0 Å². The molecule has 0 aliphatic heterocycles. The fraction of sp³-hybridized carbons (Fsp3) is 0.0714. The molecule has 3 rings (SSSR count). The third kappa shape index (κ3) is 1.85. The van der Waals surface area contributed by atoms with E-state index in [9.17, 15) is 0 Å². The van der Waals surface area contributed by atoms with Crippen LogP contribution in [0.15, 0.2) is 46.9 Å². The predicted molar refractivity (Wildman–Crippen MR) is 80.9 cm³/mol. The second-order valence-electron chi connectivity index (χ2n) is 4.18. The molecule has 2 aromatic rings. The van der Waals surface area contributed by atoms with Crippen LogP contribution in [0, 0.1) is 5.41 Å². The van der Waals surface area contributed by atoms with E-state index in [0.717, 1.165) is 4.47 Å². The van der Waals surface area contributed by atoms with Gasteiger partial charge in [-0.05, 0) is 34.4 Å². The van der Waals surface area contributed by atoms with Crippen LogP contribution >= 0.6 is 27.7 Å². The van der Waals surface area contributed by atoms with Crippen molar-refractivity contribution in [1.29, 1.82) is 5.41 Å². The van der Waals surface area contributed by atoms with Crippen LogP contribution in [0.5, 0.6) is 0 Å². The molecular formula is C14H11BrN2S. The second kappa shape index (κ2) is 4.44. The number of amidine groups is 1. The highest BCUT2D eigenvalue weighted by Gasteiger charge is 2.29. The van der Waals surface area contributed by atoms with Gasteiger partial charge in [-0.2, -0.15) is 0 Å². The van der Waals surface area contributed by atoms with E-state index in [1.807, 2.05) is 12.1 Å². The summed E-state index contributed by atoms with van der Waals surface area (Å²) in [6.07, 6.45) is 0. The molecular weight excluding hydrogens is 308 g/mol. The minimum absolute atomic E-state index is 0.131. The van der Waals surface area contributed by atoms with E-state index in [0.29, 0.717) is 0 Å². The quantitative estimate of drug-likeness (QED) is 0.613. The van der Waals surface area contributed by atoms with Crippen molar-refractivity contribution >= 4 is 32.9 Å². The van der Waals surface area contributed by atoms with Gasteiger partial charge in [-0.1, -0.05) is 58.0 Å². The second-order valence-corrected chi connectivity index (χ2v) is 6.24. The highest BCUT2D eigenvalue weighted by atomic mass is 79.9. The molecule has 0 fully saturated rings.